The minimum atomic E-state index is -0.0387. The molecule has 1 fully saturated rings. The van der Waals surface area contributed by atoms with E-state index in [1.54, 1.807) is 31.1 Å². The summed E-state index contributed by atoms with van der Waals surface area (Å²) in [6.07, 6.45) is 3.01. The predicted octanol–water partition coefficient (Wildman–Crippen LogP) is 1.47. The number of carbonyl (C=O) groups is 2. The molecule has 1 aromatic heterocycles. The molecular weight excluding hydrogens is 304 g/mol. The van der Waals surface area contributed by atoms with E-state index in [9.17, 15) is 9.59 Å². The number of halogens is 1. The number of carbonyl (C=O) groups excluding carboxylic acids is 2. The van der Waals surface area contributed by atoms with Gasteiger partial charge in [0.05, 0.1) is 11.6 Å². The summed E-state index contributed by atoms with van der Waals surface area (Å²) in [6.45, 7) is 1.93. The zero-order valence-corrected chi connectivity index (χ0v) is 13.6. The lowest BCUT2D eigenvalue weighted by Crippen LogP contribution is -2.43. The number of amides is 2. The van der Waals surface area contributed by atoms with Gasteiger partial charge in [0.15, 0.2) is 0 Å². The average Bonchev–Trinajstić information content (AvgIpc) is 2.50. The molecule has 2 amide bonds. The molecule has 2 rings (SSSR count). The summed E-state index contributed by atoms with van der Waals surface area (Å²) in [5, 5.41) is 3.35. The molecule has 7 heteroatoms. The lowest BCUT2D eigenvalue weighted by atomic mass is 9.96. The van der Waals surface area contributed by atoms with Crippen LogP contribution in [-0.4, -0.2) is 60.3 Å². The molecule has 1 aromatic rings. The highest BCUT2D eigenvalue weighted by Crippen LogP contribution is 2.19. The third kappa shape index (κ3) is 4.68. The molecule has 1 aliphatic rings. The zero-order valence-electron chi connectivity index (χ0n) is 12.9. The van der Waals surface area contributed by atoms with E-state index in [2.05, 4.69) is 15.2 Å². The summed E-state index contributed by atoms with van der Waals surface area (Å²) in [5.41, 5.74) is 0. The fraction of sp³-hybridized carbons (Fsp3) is 0.533. The van der Waals surface area contributed by atoms with E-state index in [1.807, 2.05) is 0 Å². The van der Waals surface area contributed by atoms with Crippen molar-refractivity contribution >= 4 is 29.2 Å². The van der Waals surface area contributed by atoms with E-state index in [-0.39, 0.29) is 17.7 Å². The van der Waals surface area contributed by atoms with Crippen molar-refractivity contribution in [2.45, 2.75) is 12.8 Å². The van der Waals surface area contributed by atoms with Gasteiger partial charge in [-0.05, 0) is 38.1 Å². The molecule has 22 heavy (non-hydrogen) atoms. The minimum absolute atomic E-state index is 0.0200. The van der Waals surface area contributed by atoms with Gasteiger partial charge in [0.2, 0.25) is 11.8 Å². The molecule has 0 atom stereocenters. The molecule has 0 radical (unpaired) electrons. The molecule has 2 heterocycles. The van der Waals surface area contributed by atoms with E-state index in [0.29, 0.717) is 17.4 Å². The number of hydrogen-bond acceptors (Lipinski definition) is 4. The highest BCUT2D eigenvalue weighted by Gasteiger charge is 2.26. The molecule has 0 saturated carbocycles. The minimum Gasteiger partial charge on any atom is -0.348 e. The fourth-order valence-corrected chi connectivity index (χ4v) is 2.48. The number of likely N-dealkylation sites (tertiary alicyclic amines) is 1. The van der Waals surface area contributed by atoms with Crippen LogP contribution < -0.4 is 5.32 Å². The molecular formula is C15H21ClN4O2. The van der Waals surface area contributed by atoms with Crippen LogP contribution in [0.4, 0.5) is 5.82 Å². The van der Waals surface area contributed by atoms with E-state index in [1.165, 1.54) is 6.20 Å². The normalized spacial score (nSPS) is 16.3. The first-order chi connectivity index (χ1) is 10.5. The van der Waals surface area contributed by atoms with Crippen molar-refractivity contribution in [3.05, 3.63) is 23.4 Å². The SMILES string of the molecule is CN(C)C(=O)CN1CCC(C(=O)Nc2ccc(Cl)cn2)CC1. The Hall–Kier alpha value is -1.66. The number of pyridine rings is 1. The van der Waals surface area contributed by atoms with Crippen LogP contribution in [0.2, 0.25) is 5.02 Å². The van der Waals surface area contributed by atoms with Gasteiger partial charge in [-0.1, -0.05) is 11.6 Å². The van der Waals surface area contributed by atoms with Crippen LogP contribution >= 0.6 is 11.6 Å². The molecule has 6 nitrogen and oxygen atoms in total. The standard InChI is InChI=1S/C15H21ClN4O2/c1-19(2)14(21)10-20-7-5-11(6-8-20)15(22)18-13-4-3-12(16)9-17-13/h3-4,9,11H,5-8,10H2,1-2H3,(H,17,18,22). The van der Waals surface area contributed by atoms with Gasteiger partial charge in [-0.15, -0.1) is 0 Å². The van der Waals surface area contributed by atoms with Crippen molar-refractivity contribution in [2.75, 3.05) is 39.0 Å². The molecule has 0 spiro atoms. The Morgan fingerprint density at radius 3 is 2.59 bits per heavy atom. The highest BCUT2D eigenvalue weighted by molar-refractivity contribution is 6.30. The van der Waals surface area contributed by atoms with E-state index < -0.39 is 0 Å². The first-order valence-corrected chi connectivity index (χ1v) is 7.68. The number of nitrogens with zero attached hydrogens (tertiary/aromatic N) is 3. The summed E-state index contributed by atoms with van der Waals surface area (Å²) in [7, 11) is 3.50. The van der Waals surface area contributed by atoms with E-state index in [0.717, 1.165) is 25.9 Å². The second-order valence-electron chi connectivity index (χ2n) is 5.69. The van der Waals surface area contributed by atoms with Crippen molar-refractivity contribution in [2.24, 2.45) is 5.92 Å². The Bertz CT molecular complexity index is 525. The van der Waals surface area contributed by atoms with Crippen molar-refractivity contribution in [1.82, 2.24) is 14.8 Å². The van der Waals surface area contributed by atoms with Gasteiger partial charge in [0, 0.05) is 26.2 Å². The fourth-order valence-electron chi connectivity index (χ4n) is 2.36. The summed E-state index contributed by atoms with van der Waals surface area (Å²) in [6, 6.07) is 3.38. The third-order valence-corrected chi connectivity index (χ3v) is 4.02. The largest absolute Gasteiger partial charge is 0.348 e. The monoisotopic (exact) mass is 324 g/mol. The van der Waals surface area contributed by atoms with Crippen LogP contribution in [-0.2, 0) is 9.59 Å². The van der Waals surface area contributed by atoms with E-state index >= 15 is 0 Å². The van der Waals surface area contributed by atoms with Gasteiger partial charge in [-0.25, -0.2) is 4.98 Å². The Morgan fingerprint density at radius 1 is 1.36 bits per heavy atom. The lowest BCUT2D eigenvalue weighted by molar-refractivity contribution is -0.130. The summed E-state index contributed by atoms with van der Waals surface area (Å²) in [5.74, 6) is 0.546. The topological polar surface area (TPSA) is 65.5 Å². The number of likely N-dealkylation sites (N-methyl/N-ethyl adjacent to an activating group) is 1. The molecule has 0 unspecified atom stereocenters. The second kappa shape index (κ2) is 7.56. The molecule has 0 aromatic carbocycles. The van der Waals surface area contributed by atoms with Gasteiger partial charge in [-0.2, -0.15) is 0 Å². The molecule has 1 aliphatic heterocycles. The summed E-state index contributed by atoms with van der Waals surface area (Å²) in [4.78, 5) is 31.6. The van der Waals surface area contributed by atoms with E-state index in [4.69, 9.17) is 11.6 Å². The first kappa shape index (κ1) is 16.7. The maximum absolute atomic E-state index is 12.2. The first-order valence-electron chi connectivity index (χ1n) is 7.30. The van der Waals surface area contributed by atoms with Crippen LogP contribution in [0.1, 0.15) is 12.8 Å². The number of nitrogens with one attached hydrogen (secondary N) is 1. The Labute approximate surface area is 135 Å². The quantitative estimate of drug-likeness (QED) is 0.911. The van der Waals surface area contributed by atoms with Crippen molar-refractivity contribution < 1.29 is 9.59 Å². The van der Waals surface area contributed by atoms with Crippen LogP contribution in [0.15, 0.2) is 18.3 Å². The van der Waals surface area contributed by atoms with Crippen LogP contribution in [0.25, 0.3) is 0 Å². The van der Waals surface area contributed by atoms with Gasteiger partial charge >= 0.3 is 0 Å². The lowest BCUT2D eigenvalue weighted by Gasteiger charge is -2.31. The van der Waals surface area contributed by atoms with Crippen LogP contribution in [0.3, 0.4) is 0 Å². The second-order valence-corrected chi connectivity index (χ2v) is 6.13. The Morgan fingerprint density at radius 2 is 2.05 bits per heavy atom. The van der Waals surface area contributed by atoms with Gasteiger partial charge in [0.1, 0.15) is 5.82 Å². The maximum Gasteiger partial charge on any atom is 0.236 e. The summed E-state index contributed by atoms with van der Waals surface area (Å²) < 4.78 is 0. The highest BCUT2D eigenvalue weighted by atomic mass is 35.5. The van der Waals surface area contributed by atoms with Crippen molar-refractivity contribution in [3.63, 3.8) is 0 Å². The van der Waals surface area contributed by atoms with Crippen molar-refractivity contribution in [1.29, 1.82) is 0 Å². The number of piperidine rings is 1. The van der Waals surface area contributed by atoms with Crippen LogP contribution in [0, 0.1) is 5.92 Å². The van der Waals surface area contributed by atoms with Gasteiger partial charge in [-0.3, -0.25) is 14.5 Å². The van der Waals surface area contributed by atoms with Gasteiger partial charge < -0.3 is 10.2 Å². The Kier molecular flexibility index (Phi) is 5.74. The molecule has 1 N–H and O–H groups in total. The van der Waals surface area contributed by atoms with Gasteiger partial charge in [0.25, 0.3) is 0 Å². The number of anilines is 1. The number of rotatable bonds is 4. The average molecular weight is 325 g/mol. The molecule has 1 saturated heterocycles. The number of aromatic nitrogens is 1. The molecule has 120 valence electrons. The zero-order chi connectivity index (χ0) is 16.1. The van der Waals surface area contributed by atoms with Crippen LogP contribution in [0.5, 0.6) is 0 Å². The maximum atomic E-state index is 12.2. The third-order valence-electron chi connectivity index (χ3n) is 3.79. The molecule has 0 bridgehead atoms. The Balaban J connectivity index is 1.79. The van der Waals surface area contributed by atoms with Crippen molar-refractivity contribution in [3.8, 4) is 0 Å². The number of hydrogen-bond donors (Lipinski definition) is 1. The predicted molar refractivity (Wildman–Crippen MR) is 85.7 cm³/mol. The summed E-state index contributed by atoms with van der Waals surface area (Å²) >= 11 is 5.76. The smallest absolute Gasteiger partial charge is 0.236 e. The molecule has 0 aliphatic carbocycles.